The molecule has 11 heteroatoms. The molecule has 214 valence electrons. The fraction of sp³-hybridized carbons (Fsp3) is 0.586. The molecule has 7 atom stereocenters. The van der Waals surface area contributed by atoms with Crippen molar-refractivity contribution in [1.82, 2.24) is 14.8 Å². The third kappa shape index (κ3) is 3.49. The number of carbonyl (C=O) groups is 2. The lowest BCUT2D eigenvalue weighted by Crippen LogP contribution is -2.70. The number of thiol groups is 1. The van der Waals surface area contributed by atoms with Gasteiger partial charge in [-0.05, 0) is 68.2 Å². The van der Waals surface area contributed by atoms with Gasteiger partial charge in [0.1, 0.15) is 12.3 Å². The van der Waals surface area contributed by atoms with Crippen LogP contribution in [0.15, 0.2) is 30.1 Å². The van der Waals surface area contributed by atoms with Gasteiger partial charge in [-0.1, -0.05) is 19.4 Å². The fourth-order valence-corrected chi connectivity index (χ4v) is 9.06. The average molecular weight is 574 g/mol. The van der Waals surface area contributed by atoms with Crippen LogP contribution >= 0.6 is 12.6 Å². The summed E-state index contributed by atoms with van der Waals surface area (Å²) in [5.74, 6) is -2.14. The molecule has 0 aromatic carbocycles. The zero-order chi connectivity index (χ0) is 28.7. The Kier molecular flexibility index (Phi) is 6.33. The summed E-state index contributed by atoms with van der Waals surface area (Å²) in [6.07, 6.45) is 5.69. The molecule has 0 aliphatic heterocycles. The maximum absolute atomic E-state index is 17.8. The summed E-state index contributed by atoms with van der Waals surface area (Å²) in [5, 5.41) is 15.6. The minimum absolute atomic E-state index is 0.0481. The molecule has 0 bridgehead atoms. The zero-order valence-electron chi connectivity index (χ0n) is 22.7. The van der Waals surface area contributed by atoms with Crippen molar-refractivity contribution in [3.63, 3.8) is 0 Å². The van der Waals surface area contributed by atoms with E-state index < -0.39 is 51.2 Å². The van der Waals surface area contributed by atoms with Crippen LogP contribution in [-0.4, -0.2) is 62.0 Å². The van der Waals surface area contributed by atoms with Crippen molar-refractivity contribution in [2.75, 3.05) is 13.7 Å². The van der Waals surface area contributed by atoms with Crippen molar-refractivity contribution >= 4 is 29.8 Å². The number of hydrogen-bond donors (Lipinski definition) is 2. The molecule has 2 heterocycles. The number of halogens is 2. The van der Waals surface area contributed by atoms with Crippen LogP contribution in [0.5, 0.6) is 0 Å². The van der Waals surface area contributed by atoms with Crippen LogP contribution in [0, 0.1) is 28.6 Å². The number of nitrogens with zero attached hydrogens (tertiary/aromatic N) is 3. The summed E-state index contributed by atoms with van der Waals surface area (Å²) in [6, 6.07) is 2.86. The minimum Gasteiger partial charge on any atom is -0.448 e. The molecule has 2 aromatic heterocycles. The molecule has 40 heavy (non-hydrogen) atoms. The number of ether oxygens (including phenoxy) is 2. The quantitative estimate of drug-likeness (QED) is 0.316. The molecule has 3 saturated carbocycles. The van der Waals surface area contributed by atoms with E-state index in [1.807, 2.05) is 19.9 Å². The van der Waals surface area contributed by atoms with E-state index in [9.17, 15) is 19.1 Å². The second kappa shape index (κ2) is 9.19. The van der Waals surface area contributed by atoms with Gasteiger partial charge in [0.15, 0.2) is 5.60 Å². The molecule has 0 saturated heterocycles. The highest BCUT2D eigenvalue weighted by Gasteiger charge is 2.75. The van der Waals surface area contributed by atoms with Crippen LogP contribution in [0.3, 0.4) is 0 Å². The second-order valence-electron chi connectivity index (χ2n) is 12.2. The number of aromatic nitrogens is 3. The molecular weight excluding hydrogens is 540 g/mol. The van der Waals surface area contributed by atoms with Crippen LogP contribution in [0.4, 0.5) is 8.78 Å². The van der Waals surface area contributed by atoms with Crippen LogP contribution < -0.4 is 0 Å². The lowest BCUT2D eigenvalue weighted by atomic mass is 9.44. The fourth-order valence-electron chi connectivity index (χ4n) is 8.65. The van der Waals surface area contributed by atoms with Crippen molar-refractivity contribution in [3.05, 3.63) is 47.3 Å². The van der Waals surface area contributed by atoms with Crippen molar-refractivity contribution in [2.45, 2.75) is 69.7 Å². The van der Waals surface area contributed by atoms with Gasteiger partial charge in [-0.25, -0.2) is 18.9 Å². The van der Waals surface area contributed by atoms with Crippen LogP contribution in [0.1, 0.15) is 57.2 Å². The van der Waals surface area contributed by atoms with Gasteiger partial charge >= 0.3 is 5.97 Å². The third-order valence-electron chi connectivity index (χ3n) is 10.5. The van der Waals surface area contributed by atoms with Crippen molar-refractivity contribution in [3.8, 4) is 5.69 Å². The Morgan fingerprint density at radius 3 is 2.67 bits per heavy atom. The van der Waals surface area contributed by atoms with E-state index in [1.165, 1.54) is 19.4 Å². The van der Waals surface area contributed by atoms with Crippen LogP contribution in [-0.2, 0) is 25.5 Å². The summed E-state index contributed by atoms with van der Waals surface area (Å²) in [6.45, 7) is 3.38. The number of aliphatic hydroxyl groups is 1. The first-order chi connectivity index (χ1) is 18.9. The highest BCUT2D eigenvalue weighted by molar-refractivity contribution is 7.96. The van der Waals surface area contributed by atoms with Crippen molar-refractivity contribution in [2.24, 2.45) is 22.7 Å². The van der Waals surface area contributed by atoms with E-state index in [0.29, 0.717) is 31.4 Å². The molecule has 4 aliphatic rings. The first-order valence-corrected chi connectivity index (χ1v) is 14.1. The summed E-state index contributed by atoms with van der Waals surface area (Å²) in [4.78, 5) is 29.3. The first kappa shape index (κ1) is 27.5. The number of esters is 1. The summed E-state index contributed by atoms with van der Waals surface area (Å²) in [5.41, 5.74) is -2.45. The predicted molar refractivity (Wildman–Crippen MR) is 144 cm³/mol. The number of allylic oxidation sites excluding steroid dienone is 1. The lowest BCUT2D eigenvalue weighted by molar-refractivity contribution is -0.229. The van der Waals surface area contributed by atoms with Gasteiger partial charge in [0.05, 0.1) is 29.9 Å². The zero-order valence-corrected chi connectivity index (χ0v) is 23.6. The van der Waals surface area contributed by atoms with Crippen molar-refractivity contribution in [1.29, 1.82) is 0 Å². The predicted octanol–water partition coefficient (Wildman–Crippen LogP) is 4.04. The molecule has 4 aliphatic carbocycles. The molecule has 1 N–H and O–H groups in total. The van der Waals surface area contributed by atoms with E-state index in [4.69, 9.17) is 9.47 Å². The average Bonchev–Trinajstić information content (AvgIpc) is 3.42. The van der Waals surface area contributed by atoms with Crippen LogP contribution in [0.2, 0.25) is 0 Å². The lowest BCUT2D eigenvalue weighted by Gasteiger charge is -2.63. The smallest absolute Gasteiger partial charge is 0.333 e. The number of methoxy groups -OCH3 is 1. The summed E-state index contributed by atoms with van der Waals surface area (Å²) in [7, 11) is 1.36. The Morgan fingerprint density at radius 2 is 2.00 bits per heavy atom. The topological polar surface area (TPSA) is 104 Å². The first-order valence-electron chi connectivity index (χ1n) is 13.6. The Labute approximate surface area is 236 Å². The molecule has 3 fully saturated rings. The Hall–Kier alpha value is -2.63. The molecule has 0 unspecified atom stereocenters. The largest absolute Gasteiger partial charge is 0.448 e. The highest BCUT2D eigenvalue weighted by atomic mass is 32.1. The van der Waals surface area contributed by atoms with Gasteiger partial charge in [-0.3, -0.25) is 4.79 Å². The van der Waals surface area contributed by atoms with Crippen molar-refractivity contribution < 1.29 is 33.0 Å². The molecule has 0 radical (unpaired) electrons. The van der Waals surface area contributed by atoms with Gasteiger partial charge in [0.25, 0.3) is 0 Å². The Balaban J connectivity index is 1.38. The third-order valence-corrected chi connectivity index (χ3v) is 10.9. The number of rotatable bonds is 5. The summed E-state index contributed by atoms with van der Waals surface area (Å²) >= 11 is 4.15. The number of alkyl halides is 1. The molecular formula is C29H33F2N3O5S. The Bertz CT molecular complexity index is 1410. The summed E-state index contributed by atoms with van der Waals surface area (Å²) < 4.78 is 43.6. The number of fused-ring (bicyclic) bond motifs is 6. The monoisotopic (exact) mass is 573 g/mol. The van der Waals surface area contributed by atoms with E-state index in [0.717, 1.165) is 16.8 Å². The van der Waals surface area contributed by atoms with Gasteiger partial charge in [-0.2, -0.15) is 9.49 Å². The Morgan fingerprint density at radius 1 is 1.23 bits per heavy atom. The van der Waals surface area contributed by atoms with Gasteiger partial charge in [-0.15, -0.1) is 12.6 Å². The molecule has 2 aromatic rings. The van der Waals surface area contributed by atoms with Crippen LogP contribution in [0.25, 0.3) is 11.8 Å². The number of pyridine rings is 1. The van der Waals surface area contributed by atoms with E-state index in [2.05, 4.69) is 22.7 Å². The molecule has 8 nitrogen and oxygen atoms in total. The molecule has 0 spiro atoms. The van der Waals surface area contributed by atoms with Gasteiger partial charge in [0.2, 0.25) is 11.1 Å². The van der Waals surface area contributed by atoms with Gasteiger partial charge in [0, 0.05) is 23.9 Å². The van der Waals surface area contributed by atoms with Gasteiger partial charge < -0.3 is 14.6 Å². The van der Waals surface area contributed by atoms with E-state index in [-0.39, 0.29) is 25.4 Å². The number of aliphatic hydroxyl groups excluding tert-OH is 1. The maximum Gasteiger partial charge on any atom is 0.333 e. The SMILES string of the molecule is COCC(=O)O[C@]1(C(=O)S)CC[C@H]2[C@@H]3CCC4=Cc5c(cnn5-c5ccc(F)nc5)C[C@]4(C)[C@@]3(F)[C@@H](O)C[C@@]21C. The van der Waals surface area contributed by atoms with E-state index >= 15 is 4.39 Å². The highest BCUT2D eigenvalue weighted by Crippen LogP contribution is 2.71. The number of carbonyl (C=O) groups excluding carboxylic acids is 2. The van der Waals surface area contributed by atoms with E-state index in [1.54, 1.807) is 16.9 Å². The molecule has 6 rings (SSSR count). The standard InChI is InChI=1S/C29H33F2N3O5S/c1-26-11-16-13-33-34(18-5-7-23(30)32-14-18)21(16)10-17(26)4-6-20-19-8-9-28(25(37)40,39-24(36)15-38-3)27(19,2)12-22(35)29(20,26)31/h5,7,10,13-14,19-20,22,35H,4,6,8-9,11-12,15H2,1-3H3,(H,37,40)/t19-,20-,22-,26-,27-,28-,29-/m0/s1. The maximum atomic E-state index is 17.8. The second-order valence-corrected chi connectivity index (χ2v) is 12.6. The number of hydrogen-bond acceptors (Lipinski definition) is 7. The molecule has 0 amide bonds. The minimum atomic E-state index is -1.98. The normalized spacial score (nSPS) is 38.0.